The van der Waals surface area contributed by atoms with Crippen molar-refractivity contribution in [1.29, 1.82) is 0 Å². The van der Waals surface area contributed by atoms with Crippen LogP contribution in [0.25, 0.3) is 10.4 Å². The molecular weight excluding hydrogens is 210 g/mol. The topological polar surface area (TPSA) is 156 Å². The van der Waals surface area contributed by atoms with Gasteiger partial charge in [0.05, 0.1) is 0 Å². The molecule has 0 aromatic carbocycles. The molecular formula is C6H9N3O6. The van der Waals surface area contributed by atoms with Gasteiger partial charge in [0.2, 0.25) is 0 Å². The molecule has 1 rings (SSSR count). The number of aliphatic hydroxyl groups excluding tert-OH is 3. The standard InChI is InChI=1S/C6H9N3O6/c7-9-8-5-3(12)1(10)2(11)4(15-5)6(13)14/h1-5,10-12H,(H,13,14)/t1?,2?,3-,4?,5+/m0/s1. The Morgan fingerprint density at radius 1 is 1.27 bits per heavy atom. The molecule has 1 heterocycles. The number of hydrogen-bond acceptors (Lipinski definition) is 6. The van der Waals surface area contributed by atoms with Gasteiger partial charge in [0.25, 0.3) is 0 Å². The zero-order valence-corrected chi connectivity index (χ0v) is 7.33. The van der Waals surface area contributed by atoms with E-state index in [0.29, 0.717) is 0 Å². The number of carbonyl (C=O) groups is 1. The van der Waals surface area contributed by atoms with Gasteiger partial charge in [-0.05, 0) is 5.53 Å². The first-order valence-electron chi connectivity index (χ1n) is 3.95. The summed E-state index contributed by atoms with van der Waals surface area (Å²) in [6.45, 7) is 0. The van der Waals surface area contributed by atoms with E-state index in [0.717, 1.165) is 0 Å². The Bertz CT molecular complexity index is 289. The summed E-state index contributed by atoms with van der Waals surface area (Å²) in [6.07, 6.45) is -8.45. The average molecular weight is 219 g/mol. The maximum atomic E-state index is 10.6. The first-order chi connectivity index (χ1) is 6.99. The molecule has 4 N–H and O–H groups in total. The van der Waals surface area contributed by atoms with Crippen molar-refractivity contribution in [3.8, 4) is 0 Å². The fourth-order valence-corrected chi connectivity index (χ4v) is 1.21. The molecule has 3 unspecified atom stereocenters. The lowest BCUT2D eigenvalue weighted by atomic mass is 9.98. The van der Waals surface area contributed by atoms with Crippen LogP contribution in [0.1, 0.15) is 0 Å². The maximum Gasteiger partial charge on any atom is 0.335 e. The number of hydrogen-bond donors (Lipinski definition) is 4. The smallest absolute Gasteiger partial charge is 0.335 e. The lowest BCUT2D eigenvalue weighted by molar-refractivity contribution is -0.226. The van der Waals surface area contributed by atoms with Gasteiger partial charge in [-0.3, -0.25) is 0 Å². The van der Waals surface area contributed by atoms with E-state index in [9.17, 15) is 20.1 Å². The highest BCUT2D eigenvalue weighted by Crippen LogP contribution is 2.22. The minimum absolute atomic E-state index is 1.52. The molecule has 1 saturated heterocycles. The van der Waals surface area contributed by atoms with E-state index in [4.69, 9.17) is 10.6 Å². The van der Waals surface area contributed by atoms with Crippen molar-refractivity contribution < 1.29 is 30.0 Å². The number of aliphatic hydroxyl groups is 3. The van der Waals surface area contributed by atoms with E-state index in [1.54, 1.807) is 0 Å². The van der Waals surface area contributed by atoms with Gasteiger partial charge >= 0.3 is 5.97 Å². The minimum Gasteiger partial charge on any atom is -0.479 e. The number of carboxylic acid groups (broad SMARTS) is 1. The van der Waals surface area contributed by atoms with Crippen molar-refractivity contribution >= 4 is 5.97 Å². The van der Waals surface area contributed by atoms with Gasteiger partial charge in [0, 0.05) is 4.91 Å². The van der Waals surface area contributed by atoms with Crippen LogP contribution in [0.5, 0.6) is 0 Å². The van der Waals surface area contributed by atoms with Crippen molar-refractivity contribution in [3.63, 3.8) is 0 Å². The largest absolute Gasteiger partial charge is 0.479 e. The average Bonchev–Trinajstić information content (AvgIpc) is 2.18. The third-order valence-electron chi connectivity index (χ3n) is 2.00. The summed E-state index contributed by atoms with van der Waals surface area (Å²) in [5, 5.41) is 39.2. The Balaban J connectivity index is 2.89. The zero-order valence-electron chi connectivity index (χ0n) is 7.33. The molecule has 84 valence electrons. The van der Waals surface area contributed by atoms with Gasteiger partial charge in [-0.1, -0.05) is 5.11 Å². The molecule has 0 spiro atoms. The van der Waals surface area contributed by atoms with Gasteiger partial charge in [-0.2, -0.15) is 0 Å². The lowest BCUT2D eigenvalue weighted by Crippen LogP contribution is -2.59. The molecule has 0 aromatic rings. The molecule has 0 radical (unpaired) electrons. The van der Waals surface area contributed by atoms with E-state index < -0.39 is 36.6 Å². The van der Waals surface area contributed by atoms with Crippen LogP contribution in [0.3, 0.4) is 0 Å². The van der Waals surface area contributed by atoms with Crippen LogP contribution in [-0.2, 0) is 9.53 Å². The molecule has 0 aromatic heterocycles. The first kappa shape index (κ1) is 11.7. The second kappa shape index (κ2) is 4.43. The molecule has 9 nitrogen and oxygen atoms in total. The SMILES string of the molecule is [N-]=[N+]=N[C@@H]1OC(C(=O)O)C(O)C(O)[C@@H]1O. The Labute approximate surface area is 83.1 Å². The molecule has 9 heteroatoms. The molecule has 0 amide bonds. The van der Waals surface area contributed by atoms with Crippen LogP contribution in [0.15, 0.2) is 5.11 Å². The molecule has 0 saturated carbocycles. The summed E-state index contributed by atoms with van der Waals surface area (Å²) >= 11 is 0. The highest BCUT2D eigenvalue weighted by molar-refractivity contribution is 5.73. The number of aliphatic carboxylic acids is 1. The van der Waals surface area contributed by atoms with Gasteiger partial charge < -0.3 is 25.2 Å². The van der Waals surface area contributed by atoms with Crippen molar-refractivity contribution in [1.82, 2.24) is 0 Å². The Morgan fingerprint density at radius 3 is 2.33 bits per heavy atom. The third kappa shape index (κ3) is 2.17. The van der Waals surface area contributed by atoms with E-state index in [1.807, 2.05) is 0 Å². The quantitative estimate of drug-likeness (QED) is 0.243. The Kier molecular flexibility index (Phi) is 3.45. The summed E-state index contributed by atoms with van der Waals surface area (Å²) in [5.41, 5.74) is 8.09. The predicted molar refractivity (Wildman–Crippen MR) is 43.5 cm³/mol. The Morgan fingerprint density at radius 2 is 1.87 bits per heavy atom. The number of azide groups is 1. The van der Waals surface area contributed by atoms with Crippen LogP contribution in [0, 0.1) is 0 Å². The van der Waals surface area contributed by atoms with Crippen LogP contribution >= 0.6 is 0 Å². The van der Waals surface area contributed by atoms with Crippen molar-refractivity contribution in [2.24, 2.45) is 5.11 Å². The van der Waals surface area contributed by atoms with Crippen molar-refractivity contribution in [2.75, 3.05) is 0 Å². The van der Waals surface area contributed by atoms with Crippen LogP contribution < -0.4 is 0 Å². The second-order valence-corrected chi connectivity index (χ2v) is 2.96. The highest BCUT2D eigenvalue weighted by Gasteiger charge is 2.46. The number of carboxylic acids is 1. The maximum absolute atomic E-state index is 10.6. The molecule has 0 bridgehead atoms. The number of ether oxygens (including phenoxy) is 1. The lowest BCUT2D eigenvalue weighted by Gasteiger charge is -2.36. The highest BCUT2D eigenvalue weighted by atomic mass is 16.6. The third-order valence-corrected chi connectivity index (χ3v) is 2.00. The molecule has 0 aliphatic carbocycles. The van der Waals surface area contributed by atoms with Gasteiger partial charge in [-0.15, -0.1) is 0 Å². The molecule has 1 fully saturated rings. The fourth-order valence-electron chi connectivity index (χ4n) is 1.21. The Hall–Kier alpha value is -1.38. The van der Waals surface area contributed by atoms with E-state index in [2.05, 4.69) is 14.8 Å². The van der Waals surface area contributed by atoms with E-state index >= 15 is 0 Å². The zero-order chi connectivity index (χ0) is 11.6. The van der Waals surface area contributed by atoms with Gasteiger partial charge in [-0.25, -0.2) is 4.79 Å². The van der Waals surface area contributed by atoms with Gasteiger partial charge in [0.1, 0.15) is 18.3 Å². The predicted octanol–water partition coefficient (Wildman–Crippen LogP) is -1.81. The summed E-state index contributed by atoms with van der Waals surface area (Å²) in [7, 11) is 0. The minimum atomic E-state index is -1.78. The van der Waals surface area contributed by atoms with E-state index in [-0.39, 0.29) is 0 Å². The van der Waals surface area contributed by atoms with Crippen molar-refractivity contribution in [3.05, 3.63) is 10.4 Å². The summed E-state index contributed by atoms with van der Waals surface area (Å²) < 4.78 is 4.60. The molecule has 1 aliphatic heterocycles. The molecule has 5 atom stereocenters. The van der Waals surface area contributed by atoms with Crippen molar-refractivity contribution in [2.45, 2.75) is 30.6 Å². The molecule has 1 aliphatic rings. The fraction of sp³-hybridized carbons (Fsp3) is 0.833. The summed E-state index contributed by atoms with van der Waals surface area (Å²) in [6, 6.07) is 0. The van der Waals surface area contributed by atoms with E-state index in [1.165, 1.54) is 0 Å². The second-order valence-electron chi connectivity index (χ2n) is 2.96. The van der Waals surface area contributed by atoms with Gasteiger partial charge in [0.15, 0.2) is 12.3 Å². The van der Waals surface area contributed by atoms with Crippen LogP contribution in [0.2, 0.25) is 0 Å². The normalized spacial score (nSPS) is 40.6. The monoisotopic (exact) mass is 219 g/mol. The summed E-state index contributed by atoms with van der Waals surface area (Å²) in [4.78, 5) is 12.9. The van der Waals surface area contributed by atoms with Crippen LogP contribution in [0.4, 0.5) is 0 Å². The van der Waals surface area contributed by atoms with Crippen LogP contribution in [-0.4, -0.2) is 57.0 Å². The summed E-state index contributed by atoms with van der Waals surface area (Å²) in [5.74, 6) is -1.52. The number of nitrogens with zero attached hydrogens (tertiary/aromatic N) is 3. The molecule has 15 heavy (non-hydrogen) atoms. The number of rotatable bonds is 2. The first-order valence-corrected chi connectivity index (χ1v) is 3.95.